The van der Waals surface area contributed by atoms with E-state index in [-0.39, 0.29) is 19.0 Å². The molecular formula is C21H26ClN3O. The molecule has 5 heteroatoms. The minimum absolute atomic E-state index is 0. The minimum atomic E-state index is 0. The molecule has 2 aromatic rings. The first-order chi connectivity index (χ1) is 12.3. The Morgan fingerprint density at radius 2 is 1.77 bits per heavy atom. The van der Waals surface area contributed by atoms with Gasteiger partial charge in [-0.2, -0.15) is 5.26 Å². The molecule has 2 aromatic carbocycles. The first kappa shape index (κ1) is 19.0. The summed E-state index contributed by atoms with van der Waals surface area (Å²) < 4.78 is 0. The van der Waals surface area contributed by atoms with E-state index in [2.05, 4.69) is 40.6 Å². The van der Waals surface area contributed by atoms with Crippen LogP contribution in [-0.2, 0) is 0 Å². The summed E-state index contributed by atoms with van der Waals surface area (Å²) in [5.74, 6) is 0. The molecule has 0 aromatic heterocycles. The Morgan fingerprint density at radius 1 is 1.08 bits per heavy atom. The third-order valence-electron chi connectivity index (χ3n) is 5.80. The minimum Gasteiger partial charge on any atom is -0.396 e. The number of hydrogen-bond donors (Lipinski definition) is 2. The van der Waals surface area contributed by atoms with Crippen LogP contribution in [0.3, 0.4) is 0 Å². The average molecular weight is 372 g/mol. The van der Waals surface area contributed by atoms with E-state index in [4.69, 9.17) is 5.11 Å². The zero-order valence-electron chi connectivity index (χ0n) is 14.9. The molecule has 0 saturated carbocycles. The van der Waals surface area contributed by atoms with Crippen LogP contribution in [0, 0.1) is 11.3 Å². The van der Waals surface area contributed by atoms with Gasteiger partial charge < -0.3 is 15.3 Å². The lowest BCUT2D eigenvalue weighted by atomic mass is 9.94. The quantitative estimate of drug-likeness (QED) is 0.788. The molecule has 2 N–H and O–H groups in total. The van der Waals surface area contributed by atoms with Crippen molar-refractivity contribution in [2.75, 3.05) is 18.1 Å². The van der Waals surface area contributed by atoms with E-state index in [0.717, 1.165) is 36.8 Å². The SMILES string of the molecule is Cl.N#Cc1ccc(N2C3CCC2CC(NCCCO)C3)c2ccccc12. The van der Waals surface area contributed by atoms with Gasteiger partial charge in [0, 0.05) is 41.2 Å². The molecule has 26 heavy (non-hydrogen) atoms. The van der Waals surface area contributed by atoms with Gasteiger partial charge in [0.2, 0.25) is 0 Å². The second-order valence-corrected chi connectivity index (χ2v) is 7.28. The first-order valence-corrected chi connectivity index (χ1v) is 9.36. The van der Waals surface area contributed by atoms with Crippen LogP contribution in [0.2, 0.25) is 0 Å². The summed E-state index contributed by atoms with van der Waals surface area (Å²) in [6.07, 6.45) is 5.65. The number of halogens is 1. The van der Waals surface area contributed by atoms with Gasteiger partial charge in [0.05, 0.1) is 11.6 Å². The van der Waals surface area contributed by atoms with E-state index in [1.807, 2.05) is 12.1 Å². The predicted molar refractivity (Wildman–Crippen MR) is 108 cm³/mol. The molecule has 4 rings (SSSR count). The van der Waals surface area contributed by atoms with Crippen molar-refractivity contribution >= 4 is 28.9 Å². The molecule has 4 nitrogen and oxygen atoms in total. The number of anilines is 1. The molecule has 2 unspecified atom stereocenters. The van der Waals surface area contributed by atoms with Gasteiger partial charge in [0.15, 0.2) is 0 Å². The second-order valence-electron chi connectivity index (χ2n) is 7.28. The fourth-order valence-corrected chi connectivity index (χ4v) is 4.73. The highest BCUT2D eigenvalue weighted by molar-refractivity contribution is 5.98. The maximum Gasteiger partial charge on any atom is 0.0998 e. The summed E-state index contributed by atoms with van der Waals surface area (Å²) in [5, 5.41) is 24.3. The van der Waals surface area contributed by atoms with Crippen LogP contribution < -0.4 is 10.2 Å². The fraction of sp³-hybridized carbons (Fsp3) is 0.476. The van der Waals surface area contributed by atoms with Gasteiger partial charge in [0.1, 0.15) is 0 Å². The lowest BCUT2D eigenvalue weighted by Crippen LogP contribution is -2.49. The van der Waals surface area contributed by atoms with Crippen molar-refractivity contribution in [1.29, 1.82) is 5.26 Å². The number of benzene rings is 2. The number of fused-ring (bicyclic) bond motifs is 3. The van der Waals surface area contributed by atoms with Crippen molar-refractivity contribution in [2.24, 2.45) is 0 Å². The number of nitrogens with zero attached hydrogens (tertiary/aromatic N) is 2. The summed E-state index contributed by atoms with van der Waals surface area (Å²) in [6.45, 7) is 1.16. The van der Waals surface area contributed by atoms with Crippen LogP contribution in [0.15, 0.2) is 36.4 Å². The molecule has 0 spiro atoms. The smallest absolute Gasteiger partial charge is 0.0998 e. The number of rotatable bonds is 5. The topological polar surface area (TPSA) is 59.3 Å². The van der Waals surface area contributed by atoms with Crippen LogP contribution in [-0.4, -0.2) is 36.4 Å². The van der Waals surface area contributed by atoms with Crippen molar-refractivity contribution < 1.29 is 5.11 Å². The van der Waals surface area contributed by atoms with Gasteiger partial charge in [-0.05, 0) is 50.8 Å². The maximum atomic E-state index is 9.40. The van der Waals surface area contributed by atoms with Crippen LogP contribution in [0.1, 0.15) is 37.7 Å². The first-order valence-electron chi connectivity index (χ1n) is 9.36. The molecule has 0 amide bonds. The number of nitriles is 1. The molecule has 138 valence electrons. The Bertz CT molecular complexity index is 789. The van der Waals surface area contributed by atoms with Crippen LogP contribution >= 0.6 is 12.4 Å². The summed E-state index contributed by atoms with van der Waals surface area (Å²) in [6, 6.07) is 16.4. The number of nitrogens with one attached hydrogen (secondary N) is 1. The van der Waals surface area contributed by atoms with Crippen LogP contribution in [0.25, 0.3) is 10.8 Å². The Labute approximate surface area is 161 Å². The van der Waals surface area contributed by atoms with Crippen molar-refractivity contribution in [2.45, 2.75) is 50.2 Å². The fourth-order valence-electron chi connectivity index (χ4n) is 4.73. The maximum absolute atomic E-state index is 9.40. The highest BCUT2D eigenvalue weighted by Crippen LogP contribution is 2.42. The molecule has 2 aliphatic heterocycles. The Balaban J connectivity index is 0.00000196. The normalized spacial score (nSPS) is 24.3. The van der Waals surface area contributed by atoms with Gasteiger partial charge in [-0.3, -0.25) is 0 Å². The number of aliphatic hydroxyl groups excluding tert-OH is 1. The van der Waals surface area contributed by atoms with Gasteiger partial charge in [-0.1, -0.05) is 24.3 Å². The molecular weight excluding hydrogens is 346 g/mol. The molecule has 2 heterocycles. The van der Waals surface area contributed by atoms with Crippen molar-refractivity contribution in [1.82, 2.24) is 5.32 Å². The predicted octanol–water partition coefficient (Wildman–Crippen LogP) is 3.61. The summed E-state index contributed by atoms with van der Waals surface area (Å²) >= 11 is 0. The molecule has 0 radical (unpaired) electrons. The van der Waals surface area contributed by atoms with Crippen LogP contribution in [0.5, 0.6) is 0 Å². The van der Waals surface area contributed by atoms with Gasteiger partial charge >= 0.3 is 0 Å². The molecule has 2 aliphatic rings. The molecule has 2 atom stereocenters. The van der Waals surface area contributed by atoms with Crippen molar-refractivity contribution in [3.05, 3.63) is 42.0 Å². The number of aliphatic hydroxyl groups is 1. The van der Waals surface area contributed by atoms with E-state index in [1.54, 1.807) is 0 Å². The van der Waals surface area contributed by atoms with E-state index in [9.17, 15) is 5.26 Å². The van der Waals surface area contributed by atoms with Crippen molar-refractivity contribution in [3.8, 4) is 6.07 Å². The van der Waals surface area contributed by atoms with Gasteiger partial charge in [-0.15, -0.1) is 12.4 Å². The highest BCUT2D eigenvalue weighted by atomic mass is 35.5. The standard InChI is InChI=1S/C21H25N3O.ClH/c22-14-15-6-9-21(20-5-2-1-4-19(15)20)24-17-7-8-18(24)13-16(12-17)23-10-3-11-25;/h1-2,4-6,9,16-18,23,25H,3,7-8,10-13H2;1H. The third-order valence-corrected chi connectivity index (χ3v) is 5.80. The molecule has 2 saturated heterocycles. The lowest BCUT2D eigenvalue weighted by Gasteiger charge is -2.41. The Morgan fingerprint density at radius 3 is 2.42 bits per heavy atom. The Hall–Kier alpha value is -1.80. The summed E-state index contributed by atoms with van der Waals surface area (Å²) in [4.78, 5) is 2.62. The zero-order chi connectivity index (χ0) is 17.2. The van der Waals surface area contributed by atoms with Crippen LogP contribution in [0.4, 0.5) is 5.69 Å². The molecule has 2 fully saturated rings. The summed E-state index contributed by atoms with van der Waals surface area (Å²) in [5.41, 5.74) is 2.04. The van der Waals surface area contributed by atoms with E-state index < -0.39 is 0 Å². The zero-order valence-corrected chi connectivity index (χ0v) is 15.7. The van der Waals surface area contributed by atoms with Gasteiger partial charge in [0.25, 0.3) is 0 Å². The second kappa shape index (κ2) is 8.26. The molecule has 2 bridgehead atoms. The largest absolute Gasteiger partial charge is 0.396 e. The van der Waals surface area contributed by atoms with E-state index in [0.29, 0.717) is 18.1 Å². The van der Waals surface area contributed by atoms with E-state index in [1.165, 1.54) is 23.9 Å². The Kier molecular flexibility index (Phi) is 6.03. The van der Waals surface area contributed by atoms with Gasteiger partial charge in [-0.25, -0.2) is 0 Å². The monoisotopic (exact) mass is 371 g/mol. The average Bonchev–Trinajstić information content (AvgIpc) is 2.91. The van der Waals surface area contributed by atoms with E-state index >= 15 is 0 Å². The number of piperidine rings is 1. The van der Waals surface area contributed by atoms with Crippen molar-refractivity contribution in [3.63, 3.8) is 0 Å². The molecule has 0 aliphatic carbocycles. The lowest BCUT2D eigenvalue weighted by molar-refractivity contribution is 0.276. The number of hydrogen-bond acceptors (Lipinski definition) is 4. The third kappa shape index (κ3) is 3.40. The highest BCUT2D eigenvalue weighted by Gasteiger charge is 2.41. The summed E-state index contributed by atoms with van der Waals surface area (Å²) in [7, 11) is 0.